The van der Waals surface area contributed by atoms with Crippen molar-refractivity contribution in [1.82, 2.24) is 0 Å². The van der Waals surface area contributed by atoms with Crippen molar-refractivity contribution in [2.45, 2.75) is 19.1 Å². The van der Waals surface area contributed by atoms with Gasteiger partial charge in [-0.1, -0.05) is 22.8 Å². The first-order chi connectivity index (χ1) is 9.29. The lowest BCUT2D eigenvalue weighted by Gasteiger charge is -2.13. The molecule has 3 N–H and O–H groups in total. The molecule has 0 aliphatic rings. The van der Waals surface area contributed by atoms with Crippen LogP contribution in [0, 0.1) is 0 Å². The van der Waals surface area contributed by atoms with Crippen molar-refractivity contribution in [1.29, 1.82) is 0 Å². The maximum absolute atomic E-state index is 11.7. The quantitative estimate of drug-likeness (QED) is 0.359. The van der Waals surface area contributed by atoms with E-state index in [4.69, 9.17) is 27.3 Å². The Morgan fingerprint density at radius 1 is 1.50 bits per heavy atom. The molecule has 0 aliphatic heterocycles. The van der Waals surface area contributed by atoms with E-state index >= 15 is 0 Å². The van der Waals surface area contributed by atoms with Gasteiger partial charge in [-0.25, -0.2) is 8.42 Å². The minimum absolute atomic E-state index is 0.0352. The number of rotatable bonds is 6. The van der Waals surface area contributed by atoms with Crippen LogP contribution in [0.3, 0.4) is 0 Å². The standard InChI is InChI=1S/C12H17ClN2O4S/c1-8(2)20(17,18)7-6-19-10-5-3-4-9(13)11(10)12(14)15-16/h3-5,8,16H,6-7H2,1-2H3,(H2,14,15). The molecule has 1 rings (SSSR count). The van der Waals surface area contributed by atoms with E-state index in [-0.39, 0.29) is 34.5 Å². The Balaban J connectivity index is 2.87. The van der Waals surface area contributed by atoms with Crippen molar-refractivity contribution < 1.29 is 18.4 Å². The molecule has 6 nitrogen and oxygen atoms in total. The molecular weight excluding hydrogens is 304 g/mol. The zero-order valence-electron chi connectivity index (χ0n) is 11.2. The highest BCUT2D eigenvalue weighted by Crippen LogP contribution is 2.26. The zero-order chi connectivity index (χ0) is 15.3. The van der Waals surface area contributed by atoms with E-state index in [2.05, 4.69) is 5.16 Å². The highest BCUT2D eigenvalue weighted by molar-refractivity contribution is 7.91. The maximum atomic E-state index is 11.7. The first kappa shape index (κ1) is 16.6. The van der Waals surface area contributed by atoms with Gasteiger partial charge in [0.25, 0.3) is 0 Å². The largest absolute Gasteiger partial charge is 0.492 e. The molecule has 0 radical (unpaired) electrons. The number of sulfone groups is 1. The van der Waals surface area contributed by atoms with Crippen molar-refractivity contribution in [2.24, 2.45) is 10.9 Å². The number of hydrogen-bond donors (Lipinski definition) is 2. The Morgan fingerprint density at radius 3 is 2.70 bits per heavy atom. The van der Waals surface area contributed by atoms with Gasteiger partial charge < -0.3 is 15.7 Å². The third-order valence-electron chi connectivity index (χ3n) is 2.68. The minimum atomic E-state index is -3.19. The maximum Gasteiger partial charge on any atom is 0.175 e. The highest BCUT2D eigenvalue weighted by Gasteiger charge is 2.17. The summed E-state index contributed by atoms with van der Waals surface area (Å²) in [5, 5.41) is 11.4. The van der Waals surface area contributed by atoms with Gasteiger partial charge >= 0.3 is 0 Å². The molecule has 1 aromatic rings. The second kappa shape index (κ2) is 6.81. The van der Waals surface area contributed by atoms with Gasteiger partial charge in [0.05, 0.1) is 21.6 Å². The second-order valence-corrected chi connectivity index (χ2v) is 7.45. The summed E-state index contributed by atoms with van der Waals surface area (Å²) in [5.74, 6) is -0.0450. The third kappa shape index (κ3) is 4.01. The van der Waals surface area contributed by atoms with Crippen molar-refractivity contribution in [3.63, 3.8) is 0 Å². The summed E-state index contributed by atoms with van der Waals surface area (Å²) in [4.78, 5) is 0. The molecule has 0 saturated carbocycles. The first-order valence-electron chi connectivity index (χ1n) is 5.90. The fourth-order valence-corrected chi connectivity index (χ4v) is 2.48. The molecule has 0 fully saturated rings. The number of hydrogen-bond acceptors (Lipinski definition) is 5. The highest BCUT2D eigenvalue weighted by atomic mass is 35.5. The molecular formula is C12H17ClN2O4S. The lowest BCUT2D eigenvalue weighted by molar-refractivity contribution is 0.317. The molecule has 0 bridgehead atoms. The lowest BCUT2D eigenvalue weighted by atomic mass is 10.2. The minimum Gasteiger partial charge on any atom is -0.492 e. The van der Waals surface area contributed by atoms with E-state index < -0.39 is 15.1 Å². The number of nitrogens with two attached hydrogens (primary N) is 1. The second-order valence-electron chi connectivity index (χ2n) is 4.36. The summed E-state index contributed by atoms with van der Waals surface area (Å²) >= 11 is 5.95. The zero-order valence-corrected chi connectivity index (χ0v) is 12.8. The molecule has 0 atom stereocenters. The molecule has 1 aromatic carbocycles. The van der Waals surface area contributed by atoms with Gasteiger partial charge in [0.15, 0.2) is 15.7 Å². The molecule has 0 unspecified atom stereocenters. The SMILES string of the molecule is CC(C)S(=O)(=O)CCOc1cccc(Cl)c1/C(N)=N/O. The number of amidine groups is 1. The van der Waals surface area contributed by atoms with Crippen LogP contribution in [-0.4, -0.2) is 37.1 Å². The van der Waals surface area contributed by atoms with Crippen molar-refractivity contribution >= 4 is 27.3 Å². The van der Waals surface area contributed by atoms with Gasteiger partial charge in [-0.05, 0) is 26.0 Å². The van der Waals surface area contributed by atoms with E-state index in [1.54, 1.807) is 32.0 Å². The van der Waals surface area contributed by atoms with E-state index in [1.165, 1.54) is 0 Å². The summed E-state index contributed by atoms with van der Waals surface area (Å²) in [5.41, 5.74) is 5.75. The average molecular weight is 321 g/mol. The van der Waals surface area contributed by atoms with Crippen molar-refractivity contribution in [3.05, 3.63) is 28.8 Å². The fraction of sp³-hybridized carbons (Fsp3) is 0.417. The Kier molecular flexibility index (Phi) is 5.64. The van der Waals surface area contributed by atoms with Crippen LogP contribution in [0.25, 0.3) is 0 Å². The van der Waals surface area contributed by atoms with E-state index in [1.807, 2.05) is 0 Å². The molecule has 0 aromatic heterocycles. The van der Waals surface area contributed by atoms with Gasteiger partial charge in [0.2, 0.25) is 0 Å². The Morgan fingerprint density at radius 2 is 2.15 bits per heavy atom. The van der Waals surface area contributed by atoms with Crippen LogP contribution in [0.1, 0.15) is 19.4 Å². The molecule has 0 heterocycles. The Bertz CT molecular complexity index is 599. The van der Waals surface area contributed by atoms with Crippen LogP contribution in [0.15, 0.2) is 23.4 Å². The summed E-state index contributed by atoms with van der Waals surface area (Å²) in [6.07, 6.45) is 0. The average Bonchev–Trinajstić information content (AvgIpc) is 2.37. The summed E-state index contributed by atoms with van der Waals surface area (Å²) in [6.45, 7) is 3.18. The number of benzene rings is 1. The molecule has 0 aliphatic carbocycles. The monoisotopic (exact) mass is 320 g/mol. The first-order valence-corrected chi connectivity index (χ1v) is 7.99. The summed E-state index contributed by atoms with van der Waals surface area (Å²) < 4.78 is 28.7. The molecule has 0 spiro atoms. The number of nitrogens with zero attached hydrogens (tertiary/aromatic N) is 1. The molecule has 0 saturated heterocycles. The van der Waals surface area contributed by atoms with Crippen molar-refractivity contribution in [3.8, 4) is 5.75 Å². The van der Waals surface area contributed by atoms with E-state index in [0.717, 1.165) is 0 Å². The van der Waals surface area contributed by atoms with E-state index in [9.17, 15) is 8.42 Å². The topological polar surface area (TPSA) is 102 Å². The summed E-state index contributed by atoms with van der Waals surface area (Å²) in [7, 11) is -3.19. The van der Waals surface area contributed by atoms with Crippen LogP contribution >= 0.6 is 11.6 Å². The predicted octanol–water partition coefficient (Wildman–Crippen LogP) is 1.64. The van der Waals surface area contributed by atoms with Crippen LogP contribution in [0.2, 0.25) is 5.02 Å². The molecule has 0 amide bonds. The van der Waals surface area contributed by atoms with Crippen LogP contribution in [0.5, 0.6) is 5.75 Å². The van der Waals surface area contributed by atoms with Crippen LogP contribution in [-0.2, 0) is 9.84 Å². The predicted molar refractivity (Wildman–Crippen MR) is 78.4 cm³/mol. The Hall–Kier alpha value is -1.47. The fourth-order valence-electron chi connectivity index (χ4n) is 1.43. The van der Waals surface area contributed by atoms with Crippen molar-refractivity contribution in [2.75, 3.05) is 12.4 Å². The van der Waals surface area contributed by atoms with Crippen LogP contribution < -0.4 is 10.5 Å². The van der Waals surface area contributed by atoms with Gasteiger partial charge in [0, 0.05) is 0 Å². The number of halogens is 1. The van der Waals surface area contributed by atoms with Crippen LogP contribution in [0.4, 0.5) is 0 Å². The lowest BCUT2D eigenvalue weighted by Crippen LogP contribution is -2.23. The van der Waals surface area contributed by atoms with Gasteiger partial charge in [-0.15, -0.1) is 0 Å². The number of ether oxygens (including phenoxy) is 1. The van der Waals surface area contributed by atoms with Gasteiger partial charge in [0.1, 0.15) is 12.4 Å². The molecule has 20 heavy (non-hydrogen) atoms. The molecule has 8 heteroatoms. The smallest absolute Gasteiger partial charge is 0.175 e. The Labute approximate surface area is 123 Å². The number of oxime groups is 1. The normalized spacial score (nSPS) is 12.7. The third-order valence-corrected chi connectivity index (χ3v) is 5.17. The van der Waals surface area contributed by atoms with Gasteiger partial charge in [-0.2, -0.15) is 0 Å². The van der Waals surface area contributed by atoms with Gasteiger partial charge in [-0.3, -0.25) is 0 Å². The molecule has 112 valence electrons. The van der Waals surface area contributed by atoms with E-state index in [0.29, 0.717) is 0 Å². The summed E-state index contributed by atoms with van der Waals surface area (Å²) in [6, 6.07) is 4.76.